The van der Waals surface area contributed by atoms with Crippen molar-refractivity contribution in [3.05, 3.63) is 82.2 Å². The van der Waals surface area contributed by atoms with E-state index >= 15 is 0 Å². The van der Waals surface area contributed by atoms with Crippen LogP contribution in [0, 0.1) is 17.5 Å². The zero-order valence-corrected chi connectivity index (χ0v) is 21.8. The van der Waals surface area contributed by atoms with Crippen LogP contribution in [0.3, 0.4) is 0 Å². The summed E-state index contributed by atoms with van der Waals surface area (Å²) < 4.78 is 82.9. The molecule has 0 aliphatic carbocycles. The van der Waals surface area contributed by atoms with Crippen LogP contribution in [0.5, 0.6) is 0 Å². The lowest BCUT2D eigenvalue weighted by Crippen LogP contribution is -2.41. The Hall–Kier alpha value is -3.49. The fourth-order valence-electron chi connectivity index (χ4n) is 4.48. The summed E-state index contributed by atoms with van der Waals surface area (Å²) in [4.78, 5) is 18.5. The molecule has 1 aromatic heterocycles. The third-order valence-corrected chi connectivity index (χ3v) is 6.87. The predicted octanol–water partition coefficient (Wildman–Crippen LogP) is 4.21. The van der Waals surface area contributed by atoms with E-state index in [0.717, 1.165) is 16.2 Å². The number of alkyl halides is 3. The highest BCUT2D eigenvalue weighted by atomic mass is 32.1. The molecule has 1 amide bonds. The molecule has 40 heavy (non-hydrogen) atoms. The number of halogens is 6. The van der Waals surface area contributed by atoms with E-state index in [2.05, 4.69) is 10.3 Å². The largest absolute Gasteiger partial charge is 0.449 e. The summed E-state index contributed by atoms with van der Waals surface area (Å²) in [6.07, 6.45) is -4.54. The summed E-state index contributed by atoms with van der Waals surface area (Å²) in [5.74, 6) is -5.55. The second kappa shape index (κ2) is 11.9. The van der Waals surface area contributed by atoms with Crippen LogP contribution in [0.2, 0.25) is 0 Å². The number of aliphatic hydroxyl groups is 1. The second-order valence-electron chi connectivity index (χ2n) is 9.35. The van der Waals surface area contributed by atoms with Crippen molar-refractivity contribution >= 4 is 28.8 Å². The van der Waals surface area contributed by atoms with Crippen LogP contribution < -0.4 is 11.1 Å². The summed E-state index contributed by atoms with van der Waals surface area (Å²) in [5.41, 5.74) is 6.69. The first-order chi connectivity index (χ1) is 18.9. The molecular weight excluding hydrogens is 560 g/mol. The van der Waals surface area contributed by atoms with Crippen LogP contribution in [0.4, 0.5) is 32.0 Å². The molecule has 7 nitrogen and oxygen atoms in total. The third-order valence-electron chi connectivity index (χ3n) is 6.45. The van der Waals surface area contributed by atoms with Gasteiger partial charge in [-0.3, -0.25) is 4.79 Å². The number of anilines is 1. The van der Waals surface area contributed by atoms with Gasteiger partial charge in [0.15, 0.2) is 17.3 Å². The normalized spacial score (nSPS) is 14.2. The Morgan fingerprint density at radius 3 is 2.42 bits per heavy atom. The number of thiocarbonyl (C=S) groups is 1. The number of nitrogens with zero attached hydrogens (tertiary/aromatic N) is 3. The molecule has 1 atom stereocenters. The van der Waals surface area contributed by atoms with E-state index in [0.29, 0.717) is 18.2 Å². The van der Waals surface area contributed by atoms with Gasteiger partial charge in [-0.05, 0) is 42.2 Å². The molecular formula is C26H25F6N5O2S. The Kier molecular flexibility index (Phi) is 8.80. The van der Waals surface area contributed by atoms with Crippen molar-refractivity contribution < 1.29 is 36.2 Å². The van der Waals surface area contributed by atoms with Crippen LogP contribution in [-0.2, 0) is 32.1 Å². The highest BCUT2D eigenvalue weighted by Crippen LogP contribution is 2.33. The van der Waals surface area contributed by atoms with Crippen LogP contribution in [0.15, 0.2) is 36.4 Å². The molecule has 2 heterocycles. The molecule has 1 aliphatic rings. The molecule has 0 spiro atoms. The standard InChI is InChI=1S/C26H25F6N5O2S/c27-18-12-20(29)19(28)10-15(18)9-16(33)11-22(40)36-6-7-37-21(13-36)23(35-25(37)26(30,31)32)24(39)34-17-3-1-14(2-4-17)5-8-38/h1-4,10,12,16,38H,5-9,11,13,33H2,(H,34,39)/t16-/m0/s1. The van der Waals surface area contributed by atoms with Gasteiger partial charge in [0.05, 0.1) is 17.2 Å². The first kappa shape index (κ1) is 29.5. The van der Waals surface area contributed by atoms with Gasteiger partial charge in [-0.1, -0.05) is 24.4 Å². The van der Waals surface area contributed by atoms with Crippen LogP contribution in [-0.4, -0.2) is 49.6 Å². The molecule has 0 saturated heterocycles. The molecule has 4 N–H and O–H groups in total. The van der Waals surface area contributed by atoms with Crippen molar-refractivity contribution in [3.8, 4) is 0 Å². The van der Waals surface area contributed by atoms with E-state index in [1.807, 2.05) is 0 Å². The maximum absolute atomic E-state index is 14.0. The molecule has 2 aromatic carbocycles. The van der Waals surface area contributed by atoms with Crippen molar-refractivity contribution in [2.24, 2.45) is 5.73 Å². The summed E-state index contributed by atoms with van der Waals surface area (Å²) in [5, 5.41) is 11.6. The van der Waals surface area contributed by atoms with Gasteiger partial charge in [0.2, 0.25) is 5.82 Å². The first-order valence-corrected chi connectivity index (χ1v) is 12.6. The van der Waals surface area contributed by atoms with Crippen LogP contribution in [0.1, 0.15) is 39.6 Å². The van der Waals surface area contributed by atoms with Gasteiger partial charge in [0, 0.05) is 43.9 Å². The van der Waals surface area contributed by atoms with Crippen molar-refractivity contribution in [2.75, 3.05) is 18.5 Å². The van der Waals surface area contributed by atoms with Gasteiger partial charge < -0.3 is 25.6 Å². The monoisotopic (exact) mass is 585 g/mol. The Labute approximate surface area is 230 Å². The SMILES string of the molecule is N[C@H](CC(=S)N1CCn2c(C(F)(F)F)nc(C(=O)Nc3ccc(CCO)cc3)c2C1)Cc1cc(F)c(F)cc1F. The Balaban J connectivity index is 1.50. The highest BCUT2D eigenvalue weighted by molar-refractivity contribution is 7.80. The molecule has 0 fully saturated rings. The summed E-state index contributed by atoms with van der Waals surface area (Å²) in [7, 11) is 0. The van der Waals surface area contributed by atoms with Crippen molar-refractivity contribution in [3.63, 3.8) is 0 Å². The predicted molar refractivity (Wildman–Crippen MR) is 138 cm³/mol. The fraction of sp³-hybridized carbons (Fsp3) is 0.346. The molecule has 0 radical (unpaired) electrons. The van der Waals surface area contributed by atoms with Gasteiger partial charge in [0.1, 0.15) is 5.82 Å². The van der Waals surface area contributed by atoms with E-state index < -0.39 is 47.1 Å². The lowest BCUT2D eigenvalue weighted by Gasteiger charge is -2.32. The number of hydrogen-bond acceptors (Lipinski definition) is 5. The van der Waals surface area contributed by atoms with Crippen LogP contribution in [0.25, 0.3) is 0 Å². The lowest BCUT2D eigenvalue weighted by atomic mass is 10.0. The number of nitrogens with two attached hydrogens (primary N) is 1. The summed E-state index contributed by atoms with van der Waals surface area (Å²) in [6, 6.07) is 6.83. The zero-order valence-electron chi connectivity index (χ0n) is 20.9. The average molecular weight is 586 g/mol. The number of aliphatic hydroxyl groups excluding tert-OH is 1. The maximum Gasteiger partial charge on any atom is 0.449 e. The minimum atomic E-state index is -4.81. The highest BCUT2D eigenvalue weighted by Gasteiger charge is 2.41. The topological polar surface area (TPSA) is 96.4 Å². The number of fused-ring (bicyclic) bond motifs is 1. The molecule has 214 valence electrons. The Morgan fingerprint density at radius 1 is 1.10 bits per heavy atom. The van der Waals surface area contributed by atoms with E-state index in [1.165, 1.54) is 0 Å². The quantitative estimate of drug-likeness (QED) is 0.208. The summed E-state index contributed by atoms with van der Waals surface area (Å²) in [6.45, 7) is -0.303. The van der Waals surface area contributed by atoms with E-state index in [-0.39, 0.29) is 55.3 Å². The molecule has 1 aliphatic heterocycles. The number of benzene rings is 2. The lowest BCUT2D eigenvalue weighted by molar-refractivity contribution is -0.147. The minimum absolute atomic E-state index is 0.00967. The average Bonchev–Trinajstić information content (AvgIpc) is 3.28. The third kappa shape index (κ3) is 6.62. The number of nitrogens with one attached hydrogen (secondary N) is 1. The smallest absolute Gasteiger partial charge is 0.396 e. The fourth-order valence-corrected chi connectivity index (χ4v) is 4.85. The second-order valence-corrected chi connectivity index (χ2v) is 9.82. The molecule has 3 aromatic rings. The van der Waals surface area contributed by atoms with Gasteiger partial charge in [0.25, 0.3) is 5.91 Å². The van der Waals surface area contributed by atoms with E-state index in [1.54, 1.807) is 29.2 Å². The van der Waals surface area contributed by atoms with E-state index in [9.17, 15) is 31.1 Å². The maximum atomic E-state index is 14.0. The summed E-state index contributed by atoms with van der Waals surface area (Å²) >= 11 is 5.45. The molecule has 0 saturated carbocycles. The first-order valence-electron chi connectivity index (χ1n) is 12.2. The number of carbonyl (C=O) groups excluding carboxylic acids is 1. The van der Waals surface area contributed by atoms with Gasteiger partial charge in [-0.25, -0.2) is 18.2 Å². The van der Waals surface area contributed by atoms with E-state index in [4.69, 9.17) is 23.1 Å². The van der Waals surface area contributed by atoms with Gasteiger partial charge in [-0.15, -0.1) is 0 Å². The minimum Gasteiger partial charge on any atom is -0.396 e. The molecule has 0 bridgehead atoms. The number of amides is 1. The van der Waals surface area contributed by atoms with Crippen molar-refractivity contribution in [1.82, 2.24) is 14.5 Å². The van der Waals surface area contributed by atoms with Gasteiger partial charge in [-0.2, -0.15) is 13.2 Å². The number of hydrogen-bond donors (Lipinski definition) is 3. The number of rotatable bonds is 8. The number of carbonyl (C=O) groups is 1. The Morgan fingerprint density at radius 2 is 1.77 bits per heavy atom. The number of imidazole rings is 1. The molecule has 4 rings (SSSR count). The van der Waals surface area contributed by atoms with Gasteiger partial charge >= 0.3 is 6.18 Å². The zero-order chi connectivity index (χ0) is 29.2. The number of aromatic nitrogens is 2. The van der Waals surface area contributed by atoms with Crippen molar-refractivity contribution in [1.29, 1.82) is 0 Å². The van der Waals surface area contributed by atoms with Crippen molar-refractivity contribution in [2.45, 2.75) is 44.6 Å². The van der Waals surface area contributed by atoms with Crippen LogP contribution >= 0.6 is 12.2 Å². The Bertz CT molecular complexity index is 1410. The molecule has 0 unspecified atom stereocenters. The molecule has 14 heteroatoms.